The molecule has 0 unspecified atom stereocenters. The van der Waals surface area contributed by atoms with Crippen LogP contribution in [0.3, 0.4) is 0 Å². The molecular weight excluding hydrogens is 266 g/mol. The van der Waals surface area contributed by atoms with E-state index < -0.39 is 0 Å². The van der Waals surface area contributed by atoms with Crippen LogP contribution in [-0.4, -0.2) is 36.8 Å². The molecule has 3 rings (SSSR count). The Morgan fingerprint density at radius 2 is 2.11 bits per heavy atom. The molecule has 0 aliphatic rings. The van der Waals surface area contributed by atoms with Crippen molar-refractivity contribution < 1.29 is 0 Å². The molecule has 0 fully saturated rings. The van der Waals surface area contributed by atoms with Crippen molar-refractivity contribution in [3.63, 3.8) is 0 Å². The van der Waals surface area contributed by atoms with Crippen LogP contribution >= 0.6 is 11.6 Å². The van der Waals surface area contributed by atoms with E-state index in [1.54, 1.807) is 18.1 Å². The Morgan fingerprint density at radius 1 is 1.32 bits per heavy atom. The number of aromatic amines is 1. The lowest BCUT2D eigenvalue weighted by molar-refractivity contribution is 0.809. The largest absolute Gasteiger partial charge is 0.357 e. The summed E-state index contributed by atoms with van der Waals surface area (Å²) in [6, 6.07) is 0. The topological polar surface area (TPSA) is 84.3 Å². The monoisotopic (exact) mass is 277 g/mol. The van der Waals surface area contributed by atoms with Crippen LogP contribution in [0.2, 0.25) is 5.02 Å². The third-order valence-corrected chi connectivity index (χ3v) is 3.44. The van der Waals surface area contributed by atoms with Crippen molar-refractivity contribution in [1.82, 2.24) is 29.7 Å². The van der Waals surface area contributed by atoms with Gasteiger partial charge in [-0.2, -0.15) is 15.1 Å². The van der Waals surface area contributed by atoms with Gasteiger partial charge in [0.05, 0.1) is 22.7 Å². The first-order valence-electron chi connectivity index (χ1n) is 5.72. The summed E-state index contributed by atoms with van der Waals surface area (Å²) in [6.07, 6.45) is 1.58. The quantitative estimate of drug-likeness (QED) is 0.747. The van der Waals surface area contributed by atoms with Crippen LogP contribution in [0.5, 0.6) is 0 Å². The van der Waals surface area contributed by atoms with Gasteiger partial charge in [0.15, 0.2) is 11.5 Å². The first-order chi connectivity index (χ1) is 9.11. The Labute approximate surface area is 114 Å². The van der Waals surface area contributed by atoms with E-state index in [-0.39, 0.29) is 0 Å². The summed E-state index contributed by atoms with van der Waals surface area (Å²) >= 11 is 6.18. The highest BCUT2D eigenvalue weighted by atomic mass is 35.5. The van der Waals surface area contributed by atoms with Crippen LogP contribution in [0, 0.1) is 13.8 Å². The smallest absolute Gasteiger partial charge is 0.226 e. The zero-order valence-electron chi connectivity index (χ0n) is 10.7. The second-order valence-electron chi connectivity index (χ2n) is 4.12. The van der Waals surface area contributed by atoms with Crippen molar-refractivity contribution in [3.8, 4) is 5.82 Å². The number of fused-ring (bicyclic) bond motifs is 1. The molecule has 3 aromatic rings. The number of nitrogens with one attached hydrogen (secondary N) is 2. The van der Waals surface area contributed by atoms with E-state index in [9.17, 15) is 0 Å². The highest BCUT2D eigenvalue weighted by Crippen LogP contribution is 2.24. The van der Waals surface area contributed by atoms with Crippen LogP contribution in [0.4, 0.5) is 5.95 Å². The van der Waals surface area contributed by atoms with Gasteiger partial charge < -0.3 is 10.3 Å². The maximum absolute atomic E-state index is 6.18. The molecule has 3 heterocycles. The lowest BCUT2D eigenvalue weighted by atomic mass is 10.4. The second kappa shape index (κ2) is 4.20. The highest BCUT2D eigenvalue weighted by molar-refractivity contribution is 6.31. The minimum atomic E-state index is 0.485. The van der Waals surface area contributed by atoms with Gasteiger partial charge in [0, 0.05) is 7.05 Å². The fraction of sp³-hybridized carbons (Fsp3) is 0.273. The van der Waals surface area contributed by atoms with E-state index >= 15 is 0 Å². The zero-order chi connectivity index (χ0) is 13.6. The number of aromatic nitrogens is 6. The fourth-order valence-corrected chi connectivity index (χ4v) is 2.03. The first kappa shape index (κ1) is 11.9. The van der Waals surface area contributed by atoms with E-state index in [0.717, 1.165) is 16.9 Å². The number of halogens is 1. The fourth-order valence-electron chi connectivity index (χ4n) is 1.91. The Kier molecular flexibility index (Phi) is 2.63. The summed E-state index contributed by atoms with van der Waals surface area (Å²) in [4.78, 5) is 15.9. The lowest BCUT2D eigenvalue weighted by Gasteiger charge is -2.06. The van der Waals surface area contributed by atoms with E-state index in [4.69, 9.17) is 11.6 Å². The van der Waals surface area contributed by atoms with E-state index in [0.29, 0.717) is 22.4 Å². The predicted octanol–water partition coefficient (Wildman–Crippen LogP) is 1.85. The molecule has 0 radical (unpaired) electrons. The average Bonchev–Trinajstić information content (AvgIpc) is 2.98. The number of nitrogens with zero attached hydrogens (tertiary/aromatic N) is 5. The Bertz CT molecular complexity index is 758. The van der Waals surface area contributed by atoms with Crippen LogP contribution < -0.4 is 5.32 Å². The predicted molar refractivity (Wildman–Crippen MR) is 72.8 cm³/mol. The molecule has 0 amide bonds. The van der Waals surface area contributed by atoms with Gasteiger partial charge in [0.25, 0.3) is 0 Å². The van der Waals surface area contributed by atoms with E-state index in [1.165, 1.54) is 0 Å². The van der Waals surface area contributed by atoms with Crippen molar-refractivity contribution >= 4 is 28.7 Å². The molecule has 0 aliphatic carbocycles. The van der Waals surface area contributed by atoms with E-state index in [2.05, 4.69) is 30.4 Å². The van der Waals surface area contributed by atoms with Gasteiger partial charge in [-0.25, -0.2) is 9.67 Å². The molecule has 0 spiro atoms. The molecule has 0 saturated carbocycles. The summed E-state index contributed by atoms with van der Waals surface area (Å²) in [5, 5.41) is 7.95. The van der Waals surface area contributed by atoms with Gasteiger partial charge in [-0.05, 0) is 13.8 Å². The number of aryl methyl sites for hydroxylation is 1. The van der Waals surface area contributed by atoms with Crippen molar-refractivity contribution in [1.29, 1.82) is 0 Å². The number of imidazole rings is 1. The van der Waals surface area contributed by atoms with Crippen LogP contribution in [-0.2, 0) is 0 Å². The molecule has 8 heteroatoms. The number of rotatable bonds is 2. The SMILES string of the molecule is CNc1nc(-n2nc(C)c(Cl)c2C)c2[nH]cnc2n1. The summed E-state index contributed by atoms with van der Waals surface area (Å²) in [6.45, 7) is 3.75. The Balaban J connectivity index is 2.34. The molecular formula is C11H12ClN7. The third-order valence-electron chi connectivity index (χ3n) is 2.89. The second-order valence-corrected chi connectivity index (χ2v) is 4.50. The zero-order valence-corrected chi connectivity index (χ0v) is 11.4. The van der Waals surface area contributed by atoms with Crippen LogP contribution in [0.15, 0.2) is 6.33 Å². The molecule has 0 aliphatic heterocycles. The molecule has 2 N–H and O–H groups in total. The van der Waals surface area contributed by atoms with Gasteiger partial charge in [-0.1, -0.05) is 11.6 Å². The number of H-pyrrole nitrogens is 1. The van der Waals surface area contributed by atoms with Crippen molar-refractivity contribution in [2.45, 2.75) is 13.8 Å². The summed E-state index contributed by atoms with van der Waals surface area (Å²) in [5.41, 5.74) is 2.89. The lowest BCUT2D eigenvalue weighted by Crippen LogP contribution is -2.07. The summed E-state index contributed by atoms with van der Waals surface area (Å²) < 4.78 is 1.70. The maximum Gasteiger partial charge on any atom is 0.226 e. The molecule has 7 nitrogen and oxygen atoms in total. The molecule has 0 bridgehead atoms. The van der Waals surface area contributed by atoms with Gasteiger partial charge in [-0.15, -0.1) is 0 Å². The molecule has 0 aromatic carbocycles. The standard InChI is InChI=1S/C11H12ClN7/c1-5-7(12)6(2)19(18-5)10-8-9(15-4-14-8)16-11(13-3)17-10/h4H,1-3H3,(H2,13,14,15,16,17). The molecule has 0 saturated heterocycles. The first-order valence-corrected chi connectivity index (χ1v) is 6.10. The number of anilines is 1. The van der Waals surface area contributed by atoms with Crippen LogP contribution in [0.25, 0.3) is 17.0 Å². The van der Waals surface area contributed by atoms with Crippen molar-refractivity contribution in [3.05, 3.63) is 22.7 Å². The third kappa shape index (κ3) is 1.74. The van der Waals surface area contributed by atoms with Gasteiger partial charge >= 0.3 is 0 Å². The Morgan fingerprint density at radius 3 is 2.74 bits per heavy atom. The van der Waals surface area contributed by atoms with Crippen molar-refractivity contribution in [2.75, 3.05) is 12.4 Å². The van der Waals surface area contributed by atoms with Crippen molar-refractivity contribution in [2.24, 2.45) is 0 Å². The number of hydrogen-bond acceptors (Lipinski definition) is 5. The van der Waals surface area contributed by atoms with Crippen LogP contribution in [0.1, 0.15) is 11.4 Å². The molecule has 19 heavy (non-hydrogen) atoms. The molecule has 0 atom stereocenters. The van der Waals surface area contributed by atoms with Gasteiger partial charge in [0.1, 0.15) is 5.52 Å². The minimum Gasteiger partial charge on any atom is -0.357 e. The molecule has 3 aromatic heterocycles. The molecule has 98 valence electrons. The normalized spacial score (nSPS) is 11.2. The number of hydrogen-bond donors (Lipinski definition) is 2. The Hall–Kier alpha value is -2.15. The van der Waals surface area contributed by atoms with Gasteiger partial charge in [-0.3, -0.25) is 0 Å². The summed E-state index contributed by atoms with van der Waals surface area (Å²) in [5.74, 6) is 1.11. The maximum atomic E-state index is 6.18. The summed E-state index contributed by atoms with van der Waals surface area (Å²) in [7, 11) is 1.76. The minimum absolute atomic E-state index is 0.485. The average molecular weight is 278 g/mol. The van der Waals surface area contributed by atoms with E-state index in [1.807, 2.05) is 13.8 Å². The van der Waals surface area contributed by atoms with Gasteiger partial charge in [0.2, 0.25) is 5.95 Å². The highest BCUT2D eigenvalue weighted by Gasteiger charge is 2.17.